The first-order valence-electron chi connectivity index (χ1n) is 11.2. The number of nitrogens with zero attached hydrogens (tertiary/aromatic N) is 2. The van der Waals surface area contributed by atoms with E-state index in [0.29, 0.717) is 29.6 Å². The number of fused-ring (bicyclic) bond motifs is 1. The molecule has 0 saturated carbocycles. The molecule has 1 aromatic heterocycles. The van der Waals surface area contributed by atoms with Gasteiger partial charge in [-0.2, -0.15) is 0 Å². The van der Waals surface area contributed by atoms with Crippen LogP contribution in [0.5, 0.6) is 0 Å². The van der Waals surface area contributed by atoms with E-state index in [9.17, 15) is 17.6 Å². The normalized spacial score (nSPS) is 11.7. The van der Waals surface area contributed by atoms with Gasteiger partial charge in [0.15, 0.2) is 9.84 Å². The summed E-state index contributed by atoms with van der Waals surface area (Å²) in [6.45, 7) is 5.69. The zero-order valence-electron chi connectivity index (χ0n) is 18.8. The van der Waals surface area contributed by atoms with Crippen LogP contribution in [-0.2, 0) is 26.9 Å². The lowest BCUT2D eigenvalue weighted by molar-refractivity contribution is -0.131. The Kier molecular flexibility index (Phi) is 8.07. The highest BCUT2D eigenvalue weighted by Gasteiger charge is 2.23. The minimum Gasteiger partial charge on any atom is -0.341 e. The Morgan fingerprint density at radius 2 is 1.69 bits per heavy atom. The lowest BCUT2D eigenvalue weighted by Crippen LogP contribution is -2.35. The second-order valence-electron chi connectivity index (χ2n) is 8.12. The van der Waals surface area contributed by atoms with Gasteiger partial charge >= 0.3 is 0 Å². The molecule has 3 aromatic rings. The molecule has 0 N–H and O–H groups in total. The van der Waals surface area contributed by atoms with Gasteiger partial charge in [0.25, 0.3) is 0 Å². The van der Waals surface area contributed by atoms with Crippen molar-refractivity contribution in [2.45, 2.75) is 56.7 Å². The second kappa shape index (κ2) is 10.8. The van der Waals surface area contributed by atoms with Gasteiger partial charge in [-0.15, -0.1) is 0 Å². The maximum Gasteiger partial charge on any atom is 0.242 e. The van der Waals surface area contributed by atoms with Crippen molar-refractivity contribution in [3.8, 4) is 0 Å². The number of carbonyl (C=O) groups excluding carboxylic acids is 1. The largest absolute Gasteiger partial charge is 0.341 e. The predicted molar refractivity (Wildman–Crippen MR) is 126 cm³/mol. The van der Waals surface area contributed by atoms with Crippen molar-refractivity contribution in [1.29, 1.82) is 0 Å². The van der Waals surface area contributed by atoms with Crippen LogP contribution in [0.25, 0.3) is 10.9 Å². The number of halogens is 1. The number of sulfone groups is 1. The predicted octanol–water partition coefficient (Wildman–Crippen LogP) is 5.18. The number of rotatable bonds is 11. The second-order valence-corrected chi connectivity index (χ2v) is 10.1. The zero-order valence-corrected chi connectivity index (χ0v) is 19.6. The highest BCUT2D eigenvalue weighted by atomic mass is 32.2. The van der Waals surface area contributed by atoms with Gasteiger partial charge < -0.3 is 9.47 Å². The molecule has 7 heteroatoms. The standard InChI is InChI=1S/C25H31FN2O3S/c1-3-5-14-27(15-6-4-2)25(29)18-28-17-24(22-12-7-8-13-23(22)28)32(30,31)19-20-10-9-11-21(26)16-20/h7-13,16-17H,3-6,14-15,18-19H2,1-2H3. The van der Waals surface area contributed by atoms with Crippen LogP contribution in [0.2, 0.25) is 0 Å². The molecule has 0 fully saturated rings. The lowest BCUT2D eigenvalue weighted by Gasteiger charge is -2.23. The summed E-state index contributed by atoms with van der Waals surface area (Å²) in [5, 5.41) is 0.574. The van der Waals surface area contributed by atoms with Crippen LogP contribution in [0.4, 0.5) is 4.39 Å². The van der Waals surface area contributed by atoms with Gasteiger partial charge in [0.05, 0.1) is 10.6 Å². The number of hydrogen-bond donors (Lipinski definition) is 0. The van der Waals surface area contributed by atoms with Gasteiger partial charge in [0, 0.05) is 30.2 Å². The van der Waals surface area contributed by atoms with E-state index in [-0.39, 0.29) is 23.1 Å². The van der Waals surface area contributed by atoms with E-state index in [0.717, 1.165) is 25.7 Å². The fourth-order valence-electron chi connectivity index (χ4n) is 3.82. The average molecular weight is 459 g/mol. The van der Waals surface area contributed by atoms with Gasteiger partial charge in [-0.05, 0) is 36.6 Å². The molecule has 2 aromatic carbocycles. The number of aromatic nitrogens is 1. The fourth-order valence-corrected chi connectivity index (χ4v) is 5.39. The SMILES string of the molecule is CCCCN(CCCC)C(=O)Cn1cc(S(=O)(=O)Cc2cccc(F)c2)c2ccccc21. The molecular formula is C25H31FN2O3S. The minimum absolute atomic E-state index is 0.0123. The summed E-state index contributed by atoms with van der Waals surface area (Å²) in [5.74, 6) is -0.780. The number of unbranched alkanes of at least 4 members (excludes halogenated alkanes) is 2. The Bertz CT molecular complexity index is 1160. The molecule has 0 bridgehead atoms. The Morgan fingerprint density at radius 1 is 1.00 bits per heavy atom. The molecule has 0 aliphatic heterocycles. The highest BCUT2D eigenvalue weighted by Crippen LogP contribution is 2.28. The van der Waals surface area contributed by atoms with Gasteiger partial charge in [-0.25, -0.2) is 12.8 Å². The Balaban J connectivity index is 1.92. The van der Waals surface area contributed by atoms with Gasteiger partial charge in [-0.1, -0.05) is 57.0 Å². The van der Waals surface area contributed by atoms with Crippen molar-refractivity contribution in [3.05, 3.63) is 66.1 Å². The summed E-state index contributed by atoms with van der Waals surface area (Å²) in [5.41, 5.74) is 1.09. The summed E-state index contributed by atoms with van der Waals surface area (Å²) in [6, 6.07) is 12.8. The summed E-state index contributed by atoms with van der Waals surface area (Å²) in [7, 11) is -3.73. The van der Waals surface area contributed by atoms with Crippen molar-refractivity contribution in [2.75, 3.05) is 13.1 Å². The quantitative estimate of drug-likeness (QED) is 0.398. The van der Waals surface area contributed by atoms with E-state index in [1.54, 1.807) is 29.0 Å². The molecule has 0 aliphatic rings. The topological polar surface area (TPSA) is 59.4 Å². The van der Waals surface area contributed by atoms with E-state index in [4.69, 9.17) is 0 Å². The van der Waals surface area contributed by atoms with Crippen LogP contribution in [0, 0.1) is 5.82 Å². The molecule has 1 amide bonds. The Hall–Kier alpha value is -2.67. The van der Waals surface area contributed by atoms with Crippen molar-refractivity contribution in [3.63, 3.8) is 0 Å². The smallest absolute Gasteiger partial charge is 0.242 e. The van der Waals surface area contributed by atoms with E-state index in [2.05, 4.69) is 13.8 Å². The molecule has 5 nitrogen and oxygen atoms in total. The van der Waals surface area contributed by atoms with E-state index < -0.39 is 15.7 Å². The average Bonchev–Trinajstić information content (AvgIpc) is 3.13. The summed E-state index contributed by atoms with van der Waals surface area (Å²) in [6.07, 6.45) is 5.44. The summed E-state index contributed by atoms with van der Waals surface area (Å²) < 4.78 is 41.7. The Morgan fingerprint density at radius 3 is 2.34 bits per heavy atom. The zero-order chi connectivity index (χ0) is 23.1. The third-order valence-corrected chi connectivity index (χ3v) is 7.26. The third kappa shape index (κ3) is 5.76. The van der Waals surface area contributed by atoms with Gasteiger partial charge in [-0.3, -0.25) is 4.79 Å². The van der Waals surface area contributed by atoms with Crippen LogP contribution >= 0.6 is 0 Å². The fraction of sp³-hybridized carbons (Fsp3) is 0.400. The first kappa shape index (κ1) is 24.0. The van der Waals surface area contributed by atoms with Crippen molar-refractivity contribution < 1.29 is 17.6 Å². The molecule has 32 heavy (non-hydrogen) atoms. The maximum absolute atomic E-state index is 13.6. The van der Waals surface area contributed by atoms with Crippen molar-refractivity contribution in [2.24, 2.45) is 0 Å². The van der Waals surface area contributed by atoms with Crippen LogP contribution < -0.4 is 0 Å². The highest BCUT2D eigenvalue weighted by molar-refractivity contribution is 7.90. The monoisotopic (exact) mass is 458 g/mol. The number of amides is 1. The van der Waals surface area contributed by atoms with Gasteiger partial charge in [0.1, 0.15) is 12.4 Å². The molecule has 0 atom stereocenters. The Labute approximate surface area is 189 Å². The van der Waals surface area contributed by atoms with Crippen LogP contribution in [-0.4, -0.2) is 36.9 Å². The summed E-state index contributed by atoms with van der Waals surface area (Å²) in [4.78, 5) is 15.1. The van der Waals surface area contributed by atoms with Crippen LogP contribution in [0.3, 0.4) is 0 Å². The maximum atomic E-state index is 13.6. The molecular weight excluding hydrogens is 427 g/mol. The number of hydrogen-bond acceptors (Lipinski definition) is 3. The number of benzene rings is 2. The molecule has 1 heterocycles. The number of para-hydroxylation sites is 1. The first-order chi connectivity index (χ1) is 15.4. The van der Waals surface area contributed by atoms with Crippen molar-refractivity contribution in [1.82, 2.24) is 9.47 Å². The van der Waals surface area contributed by atoms with Crippen LogP contribution in [0.1, 0.15) is 45.1 Å². The third-order valence-electron chi connectivity index (χ3n) is 5.55. The summed E-state index contributed by atoms with van der Waals surface area (Å²) >= 11 is 0. The number of carbonyl (C=O) groups is 1. The van der Waals surface area contributed by atoms with Crippen molar-refractivity contribution >= 4 is 26.6 Å². The molecule has 0 saturated heterocycles. The van der Waals surface area contributed by atoms with E-state index in [1.807, 2.05) is 17.0 Å². The molecule has 0 unspecified atom stereocenters. The first-order valence-corrected chi connectivity index (χ1v) is 12.8. The molecule has 3 rings (SSSR count). The van der Waals surface area contributed by atoms with E-state index in [1.165, 1.54) is 18.2 Å². The molecule has 0 aliphatic carbocycles. The molecule has 0 spiro atoms. The molecule has 172 valence electrons. The minimum atomic E-state index is -3.73. The lowest BCUT2D eigenvalue weighted by atomic mass is 10.2. The van der Waals surface area contributed by atoms with Gasteiger partial charge in [0.2, 0.25) is 5.91 Å². The molecule has 0 radical (unpaired) electrons. The van der Waals surface area contributed by atoms with Crippen LogP contribution in [0.15, 0.2) is 59.6 Å². The van der Waals surface area contributed by atoms with E-state index >= 15 is 0 Å².